The molecule has 2 heterocycles. The Morgan fingerprint density at radius 3 is 2.50 bits per heavy atom. The number of nitrogens with one attached hydrogen (secondary N) is 1. The number of aromatic nitrogens is 1. The summed E-state index contributed by atoms with van der Waals surface area (Å²) in [5, 5.41) is 4.00. The van der Waals surface area contributed by atoms with Crippen molar-refractivity contribution in [2.24, 2.45) is 0 Å². The van der Waals surface area contributed by atoms with Crippen LogP contribution in [-0.2, 0) is 16.0 Å². The van der Waals surface area contributed by atoms with Crippen molar-refractivity contribution in [3.05, 3.63) is 27.9 Å². The topological polar surface area (TPSA) is 72.8 Å². The van der Waals surface area contributed by atoms with Gasteiger partial charge in [-0.15, -0.1) is 0 Å². The number of ether oxygens (including phenoxy) is 2. The minimum atomic E-state index is -1.19. The molecule has 0 fully saturated rings. The summed E-state index contributed by atoms with van der Waals surface area (Å²) < 4.78 is 13.0. The molecular formula is C22H31Cl2N3O4Si. The van der Waals surface area contributed by atoms with Gasteiger partial charge in [-0.3, -0.25) is 10.1 Å². The van der Waals surface area contributed by atoms with Crippen LogP contribution in [0.1, 0.15) is 31.3 Å². The third-order valence-electron chi connectivity index (χ3n) is 5.05. The standard InChI is InChI=1S/C22H31Cl2N3O4Si/c1-22(2,3)31-21(29)25-16-12-15(23)18(24)19-14(16)11-17-20(28)26(7-8-27(17)19)13-30-9-10-32(4,5)6/h11-12H,7-10,13H2,1-6H3,(H,25,29). The summed E-state index contributed by atoms with van der Waals surface area (Å²) in [6.07, 6.45) is -0.606. The van der Waals surface area contributed by atoms with Crippen molar-refractivity contribution >= 4 is 59.9 Å². The number of fused-ring (bicyclic) bond motifs is 3. The maximum atomic E-state index is 13.1. The number of halogens is 2. The van der Waals surface area contributed by atoms with E-state index < -0.39 is 19.8 Å². The van der Waals surface area contributed by atoms with E-state index in [9.17, 15) is 9.59 Å². The molecule has 1 aliphatic rings. The first-order valence-electron chi connectivity index (χ1n) is 10.6. The zero-order chi connectivity index (χ0) is 23.8. The van der Waals surface area contributed by atoms with Gasteiger partial charge in [-0.05, 0) is 38.9 Å². The fourth-order valence-electron chi connectivity index (χ4n) is 3.46. The first-order chi connectivity index (χ1) is 14.8. The molecule has 0 spiro atoms. The normalized spacial score (nSPS) is 14.6. The number of hydrogen-bond donors (Lipinski definition) is 1. The van der Waals surface area contributed by atoms with E-state index in [2.05, 4.69) is 25.0 Å². The maximum absolute atomic E-state index is 13.1. The predicted octanol–water partition coefficient (Wildman–Crippen LogP) is 6.06. The van der Waals surface area contributed by atoms with Gasteiger partial charge in [-0.1, -0.05) is 42.8 Å². The van der Waals surface area contributed by atoms with E-state index in [1.165, 1.54) is 0 Å². The molecule has 0 aliphatic carbocycles. The third-order valence-corrected chi connectivity index (χ3v) is 7.54. The molecule has 2 amide bonds. The summed E-state index contributed by atoms with van der Waals surface area (Å²) in [6, 6.07) is 4.35. The first kappa shape index (κ1) is 24.9. The summed E-state index contributed by atoms with van der Waals surface area (Å²) >= 11 is 12.9. The minimum absolute atomic E-state index is 0.143. The van der Waals surface area contributed by atoms with E-state index >= 15 is 0 Å². The number of carbonyl (C=O) groups is 2. The van der Waals surface area contributed by atoms with Crippen LogP contribution in [0, 0.1) is 0 Å². The average Bonchev–Trinajstić information content (AvgIpc) is 3.03. The van der Waals surface area contributed by atoms with Crippen molar-refractivity contribution in [1.82, 2.24) is 9.47 Å². The van der Waals surface area contributed by atoms with Crippen molar-refractivity contribution in [3.8, 4) is 0 Å². The molecule has 1 N–H and O–H groups in total. The van der Waals surface area contributed by atoms with Gasteiger partial charge >= 0.3 is 6.09 Å². The SMILES string of the molecule is CC(C)(C)OC(=O)Nc1cc(Cl)c(Cl)c2c1cc1n2CCN(COCC[Si](C)(C)C)C1=O. The molecule has 0 bridgehead atoms. The van der Waals surface area contributed by atoms with Crippen molar-refractivity contribution in [3.63, 3.8) is 0 Å². The largest absolute Gasteiger partial charge is 0.444 e. The Labute approximate surface area is 199 Å². The van der Waals surface area contributed by atoms with E-state index in [0.29, 0.717) is 47.0 Å². The van der Waals surface area contributed by atoms with Gasteiger partial charge in [0, 0.05) is 33.2 Å². The molecule has 1 aliphatic heterocycles. The molecule has 32 heavy (non-hydrogen) atoms. The molecule has 1 aromatic heterocycles. The monoisotopic (exact) mass is 499 g/mol. The minimum Gasteiger partial charge on any atom is -0.444 e. The van der Waals surface area contributed by atoms with Gasteiger partial charge < -0.3 is 18.9 Å². The quantitative estimate of drug-likeness (QED) is 0.386. The summed E-state index contributed by atoms with van der Waals surface area (Å²) in [6.45, 7) is 14.2. The molecule has 0 radical (unpaired) electrons. The molecule has 0 saturated heterocycles. The van der Waals surface area contributed by atoms with Crippen LogP contribution in [0.5, 0.6) is 0 Å². The second kappa shape index (κ2) is 9.25. The van der Waals surface area contributed by atoms with Gasteiger partial charge in [-0.2, -0.15) is 0 Å². The maximum Gasteiger partial charge on any atom is 0.412 e. The Bertz CT molecular complexity index is 1040. The second-order valence-electron chi connectivity index (χ2n) is 10.2. The number of carbonyl (C=O) groups excluding carboxylic acids is 2. The Kier molecular flexibility index (Phi) is 7.19. The van der Waals surface area contributed by atoms with E-state index in [1.807, 2.05) is 4.57 Å². The summed E-state index contributed by atoms with van der Waals surface area (Å²) in [5.41, 5.74) is 0.895. The summed E-state index contributed by atoms with van der Waals surface area (Å²) in [5.74, 6) is -0.143. The highest BCUT2D eigenvalue weighted by Gasteiger charge is 2.29. The van der Waals surface area contributed by atoms with E-state index in [4.69, 9.17) is 32.7 Å². The van der Waals surface area contributed by atoms with Gasteiger partial charge in [0.1, 0.15) is 18.0 Å². The van der Waals surface area contributed by atoms with Gasteiger partial charge in [0.05, 0.1) is 21.2 Å². The van der Waals surface area contributed by atoms with Gasteiger partial charge in [-0.25, -0.2) is 4.79 Å². The Morgan fingerprint density at radius 1 is 1.19 bits per heavy atom. The fourth-order valence-corrected chi connectivity index (χ4v) is 4.67. The van der Waals surface area contributed by atoms with Crippen molar-refractivity contribution in [1.29, 1.82) is 0 Å². The predicted molar refractivity (Wildman–Crippen MR) is 132 cm³/mol. The van der Waals surface area contributed by atoms with Crippen LogP contribution < -0.4 is 5.32 Å². The van der Waals surface area contributed by atoms with Crippen LogP contribution in [0.3, 0.4) is 0 Å². The van der Waals surface area contributed by atoms with Crippen LogP contribution in [0.2, 0.25) is 35.7 Å². The molecule has 7 nitrogen and oxygen atoms in total. The molecule has 1 aromatic carbocycles. The Morgan fingerprint density at radius 2 is 1.88 bits per heavy atom. The summed E-state index contributed by atoms with van der Waals surface area (Å²) in [7, 11) is -1.19. The first-order valence-corrected chi connectivity index (χ1v) is 15.1. The van der Waals surface area contributed by atoms with E-state index in [1.54, 1.807) is 37.8 Å². The number of nitrogens with zero attached hydrogens (tertiary/aromatic N) is 2. The number of hydrogen-bond acceptors (Lipinski definition) is 4. The van der Waals surface area contributed by atoms with Crippen molar-refractivity contribution in [2.75, 3.05) is 25.2 Å². The zero-order valence-electron chi connectivity index (χ0n) is 19.5. The highest BCUT2D eigenvalue weighted by Crippen LogP contribution is 2.39. The van der Waals surface area contributed by atoms with Crippen LogP contribution in [-0.4, -0.2) is 55.0 Å². The van der Waals surface area contributed by atoms with Gasteiger partial charge in [0.2, 0.25) is 0 Å². The lowest BCUT2D eigenvalue weighted by molar-refractivity contribution is 0.0222. The summed E-state index contributed by atoms with van der Waals surface area (Å²) in [4.78, 5) is 27.2. The number of amides is 2. The molecule has 176 valence electrons. The van der Waals surface area contributed by atoms with Crippen LogP contribution in [0.4, 0.5) is 10.5 Å². The molecule has 0 saturated carbocycles. The second-order valence-corrected chi connectivity index (χ2v) is 16.6. The number of rotatable bonds is 6. The Hall–Kier alpha value is -1.74. The van der Waals surface area contributed by atoms with E-state index in [0.717, 1.165) is 6.04 Å². The van der Waals surface area contributed by atoms with E-state index in [-0.39, 0.29) is 17.7 Å². The smallest absolute Gasteiger partial charge is 0.412 e. The highest BCUT2D eigenvalue weighted by atomic mass is 35.5. The van der Waals surface area contributed by atoms with Crippen molar-refractivity contribution in [2.45, 2.75) is 58.6 Å². The highest BCUT2D eigenvalue weighted by molar-refractivity contribution is 6.76. The average molecular weight is 500 g/mol. The lowest BCUT2D eigenvalue weighted by Crippen LogP contribution is -2.41. The molecule has 2 aromatic rings. The molecule has 3 rings (SSSR count). The Balaban J connectivity index is 1.86. The number of anilines is 1. The van der Waals surface area contributed by atoms with Gasteiger partial charge in [0.15, 0.2) is 0 Å². The van der Waals surface area contributed by atoms with Crippen LogP contribution in [0.15, 0.2) is 12.1 Å². The van der Waals surface area contributed by atoms with Crippen LogP contribution in [0.25, 0.3) is 10.9 Å². The molecule has 10 heteroatoms. The van der Waals surface area contributed by atoms with Gasteiger partial charge in [0.25, 0.3) is 5.91 Å². The number of benzene rings is 1. The fraction of sp³-hybridized carbons (Fsp3) is 0.545. The molecule has 0 unspecified atom stereocenters. The molecule has 0 atom stereocenters. The molecular weight excluding hydrogens is 469 g/mol. The van der Waals surface area contributed by atoms with Crippen LogP contribution >= 0.6 is 23.2 Å². The zero-order valence-corrected chi connectivity index (χ0v) is 22.0. The lowest BCUT2D eigenvalue weighted by Gasteiger charge is -2.29. The lowest BCUT2D eigenvalue weighted by atomic mass is 10.2. The third kappa shape index (κ3) is 5.78. The van der Waals surface area contributed by atoms with Crippen molar-refractivity contribution < 1.29 is 19.1 Å².